The number of rotatable bonds is 5. The number of piperazine rings is 1. The second-order valence-electron chi connectivity index (χ2n) is 7.71. The first kappa shape index (κ1) is 17.7. The molecule has 24 heavy (non-hydrogen) atoms. The molecule has 2 N–H and O–H groups in total. The van der Waals surface area contributed by atoms with Crippen molar-refractivity contribution < 1.29 is 9.59 Å². The minimum atomic E-state index is 0.118. The van der Waals surface area contributed by atoms with Crippen LogP contribution in [-0.2, 0) is 9.59 Å². The van der Waals surface area contributed by atoms with E-state index in [-0.39, 0.29) is 17.7 Å². The van der Waals surface area contributed by atoms with Gasteiger partial charge >= 0.3 is 0 Å². The van der Waals surface area contributed by atoms with Gasteiger partial charge in [-0.15, -0.1) is 0 Å². The molecule has 2 amide bonds. The van der Waals surface area contributed by atoms with E-state index in [1.54, 1.807) is 0 Å². The predicted molar refractivity (Wildman–Crippen MR) is 93.6 cm³/mol. The van der Waals surface area contributed by atoms with Gasteiger partial charge in [0, 0.05) is 38.1 Å². The molecule has 2 saturated heterocycles. The average Bonchev–Trinajstić information content (AvgIpc) is 2.54. The molecule has 2 heterocycles. The topological polar surface area (TPSA) is 64.7 Å². The molecule has 136 valence electrons. The molecular formula is C18H32N4O2. The summed E-state index contributed by atoms with van der Waals surface area (Å²) < 4.78 is 0. The number of carbonyl (C=O) groups excluding carboxylic acids is 2. The molecule has 0 aromatic heterocycles. The Labute approximate surface area is 145 Å². The Morgan fingerprint density at radius 1 is 1.08 bits per heavy atom. The fourth-order valence-electron chi connectivity index (χ4n) is 4.00. The Morgan fingerprint density at radius 2 is 1.75 bits per heavy atom. The molecule has 1 saturated carbocycles. The predicted octanol–water partition coefficient (Wildman–Crippen LogP) is 0.435. The van der Waals surface area contributed by atoms with Crippen LogP contribution in [0.25, 0.3) is 0 Å². The van der Waals surface area contributed by atoms with E-state index in [2.05, 4.69) is 22.5 Å². The Hall–Kier alpha value is -1.14. The fourth-order valence-corrected chi connectivity index (χ4v) is 4.00. The lowest BCUT2D eigenvalue weighted by molar-refractivity contribution is -0.139. The van der Waals surface area contributed by atoms with E-state index in [9.17, 15) is 9.59 Å². The first-order valence-electron chi connectivity index (χ1n) is 9.64. The van der Waals surface area contributed by atoms with Crippen LogP contribution in [0.4, 0.5) is 0 Å². The third-order valence-electron chi connectivity index (χ3n) is 5.93. The van der Waals surface area contributed by atoms with E-state index < -0.39 is 0 Å². The van der Waals surface area contributed by atoms with Crippen molar-refractivity contribution in [1.29, 1.82) is 0 Å². The minimum absolute atomic E-state index is 0.118. The van der Waals surface area contributed by atoms with Crippen molar-refractivity contribution in [3.05, 3.63) is 0 Å². The zero-order valence-electron chi connectivity index (χ0n) is 14.9. The van der Waals surface area contributed by atoms with Crippen LogP contribution in [0.15, 0.2) is 0 Å². The highest BCUT2D eigenvalue weighted by Gasteiger charge is 2.33. The van der Waals surface area contributed by atoms with Crippen molar-refractivity contribution in [2.45, 2.75) is 45.1 Å². The van der Waals surface area contributed by atoms with Crippen molar-refractivity contribution >= 4 is 11.8 Å². The maximum Gasteiger partial charge on any atom is 0.234 e. The lowest BCUT2D eigenvalue weighted by atomic mass is 9.88. The molecule has 6 heteroatoms. The van der Waals surface area contributed by atoms with E-state index in [1.165, 1.54) is 19.3 Å². The van der Waals surface area contributed by atoms with Crippen LogP contribution in [0.5, 0.6) is 0 Å². The van der Waals surface area contributed by atoms with Crippen molar-refractivity contribution in [3.8, 4) is 0 Å². The largest absolute Gasteiger partial charge is 0.352 e. The number of nitrogens with zero attached hydrogens (tertiary/aromatic N) is 2. The SMILES string of the molecule is CC(C(=O)N1CCN(CC(=O)NC2CCCCC2)CC1)C1CNC1. The Bertz CT molecular complexity index is 438. The molecule has 0 aromatic carbocycles. The van der Waals surface area contributed by atoms with Crippen molar-refractivity contribution in [1.82, 2.24) is 20.4 Å². The lowest BCUT2D eigenvalue weighted by Crippen LogP contribution is -2.55. The highest BCUT2D eigenvalue weighted by atomic mass is 16.2. The van der Waals surface area contributed by atoms with Gasteiger partial charge in [-0.05, 0) is 31.8 Å². The molecule has 2 aliphatic heterocycles. The minimum Gasteiger partial charge on any atom is -0.352 e. The summed E-state index contributed by atoms with van der Waals surface area (Å²) in [6, 6.07) is 0.381. The van der Waals surface area contributed by atoms with E-state index in [0.717, 1.165) is 52.1 Å². The highest BCUT2D eigenvalue weighted by Crippen LogP contribution is 2.19. The second-order valence-corrected chi connectivity index (χ2v) is 7.71. The lowest BCUT2D eigenvalue weighted by Gasteiger charge is -2.39. The molecule has 1 atom stereocenters. The first-order valence-corrected chi connectivity index (χ1v) is 9.64. The summed E-state index contributed by atoms with van der Waals surface area (Å²) in [6.45, 7) is 7.57. The van der Waals surface area contributed by atoms with E-state index in [4.69, 9.17) is 0 Å². The molecule has 1 unspecified atom stereocenters. The van der Waals surface area contributed by atoms with Crippen molar-refractivity contribution in [3.63, 3.8) is 0 Å². The van der Waals surface area contributed by atoms with Crippen LogP contribution in [0.2, 0.25) is 0 Å². The molecule has 0 bridgehead atoms. The summed E-state index contributed by atoms with van der Waals surface area (Å²) in [7, 11) is 0. The Kier molecular flexibility index (Phi) is 6.11. The first-order chi connectivity index (χ1) is 11.6. The molecule has 0 spiro atoms. The summed E-state index contributed by atoms with van der Waals surface area (Å²) in [5.74, 6) is 1.05. The average molecular weight is 336 g/mol. The van der Waals surface area contributed by atoms with E-state index in [1.807, 2.05) is 4.90 Å². The standard InChI is InChI=1S/C18H32N4O2/c1-14(15-11-19-12-15)18(24)22-9-7-21(8-10-22)13-17(23)20-16-5-3-2-4-6-16/h14-16,19H,2-13H2,1H3,(H,20,23). The maximum absolute atomic E-state index is 12.5. The molecule has 3 aliphatic rings. The third kappa shape index (κ3) is 4.48. The second kappa shape index (κ2) is 8.30. The highest BCUT2D eigenvalue weighted by molar-refractivity contribution is 5.79. The molecular weight excluding hydrogens is 304 g/mol. The van der Waals surface area contributed by atoms with Gasteiger partial charge in [0.2, 0.25) is 11.8 Å². The number of carbonyl (C=O) groups is 2. The van der Waals surface area contributed by atoms with Crippen LogP contribution in [0.3, 0.4) is 0 Å². The van der Waals surface area contributed by atoms with E-state index >= 15 is 0 Å². The zero-order valence-corrected chi connectivity index (χ0v) is 14.9. The smallest absolute Gasteiger partial charge is 0.234 e. The maximum atomic E-state index is 12.5. The number of amides is 2. The van der Waals surface area contributed by atoms with Gasteiger partial charge in [-0.2, -0.15) is 0 Å². The van der Waals surface area contributed by atoms with Gasteiger partial charge in [0.05, 0.1) is 6.54 Å². The summed E-state index contributed by atoms with van der Waals surface area (Å²) >= 11 is 0. The van der Waals surface area contributed by atoms with E-state index in [0.29, 0.717) is 18.5 Å². The van der Waals surface area contributed by atoms with Gasteiger partial charge < -0.3 is 15.5 Å². The number of hydrogen-bond acceptors (Lipinski definition) is 4. The Balaban J connectivity index is 1.36. The fraction of sp³-hybridized carbons (Fsp3) is 0.889. The van der Waals surface area contributed by atoms with Gasteiger partial charge in [-0.3, -0.25) is 14.5 Å². The molecule has 0 aromatic rings. The van der Waals surface area contributed by atoms with Gasteiger partial charge in [-0.1, -0.05) is 26.2 Å². The van der Waals surface area contributed by atoms with Crippen LogP contribution in [0.1, 0.15) is 39.0 Å². The molecule has 6 nitrogen and oxygen atoms in total. The molecule has 3 rings (SSSR count). The molecule has 3 fully saturated rings. The molecule has 1 aliphatic carbocycles. The quantitative estimate of drug-likeness (QED) is 0.764. The monoisotopic (exact) mass is 336 g/mol. The van der Waals surface area contributed by atoms with Crippen LogP contribution >= 0.6 is 0 Å². The normalized spacial score (nSPS) is 25.1. The van der Waals surface area contributed by atoms with Crippen LogP contribution in [0, 0.1) is 11.8 Å². The summed E-state index contributed by atoms with van der Waals surface area (Å²) in [6.07, 6.45) is 6.03. The van der Waals surface area contributed by atoms with Crippen LogP contribution < -0.4 is 10.6 Å². The summed E-state index contributed by atoms with van der Waals surface area (Å²) in [5.41, 5.74) is 0. The summed E-state index contributed by atoms with van der Waals surface area (Å²) in [4.78, 5) is 28.9. The van der Waals surface area contributed by atoms with Gasteiger partial charge in [-0.25, -0.2) is 0 Å². The van der Waals surface area contributed by atoms with Crippen molar-refractivity contribution in [2.75, 3.05) is 45.8 Å². The zero-order chi connectivity index (χ0) is 16.9. The third-order valence-corrected chi connectivity index (χ3v) is 5.93. The number of nitrogens with one attached hydrogen (secondary N) is 2. The van der Waals surface area contributed by atoms with Crippen LogP contribution in [-0.4, -0.2) is 73.5 Å². The van der Waals surface area contributed by atoms with Gasteiger partial charge in [0.15, 0.2) is 0 Å². The summed E-state index contributed by atoms with van der Waals surface area (Å²) in [5, 5.41) is 6.42. The van der Waals surface area contributed by atoms with Crippen molar-refractivity contribution in [2.24, 2.45) is 11.8 Å². The van der Waals surface area contributed by atoms with Gasteiger partial charge in [0.1, 0.15) is 0 Å². The van der Waals surface area contributed by atoms with Gasteiger partial charge in [0.25, 0.3) is 0 Å². The molecule has 0 radical (unpaired) electrons. The number of hydrogen-bond donors (Lipinski definition) is 2. The Morgan fingerprint density at radius 3 is 2.33 bits per heavy atom.